The molecule has 0 heterocycles. The van der Waals surface area contributed by atoms with E-state index in [-0.39, 0.29) is 11.5 Å². The van der Waals surface area contributed by atoms with E-state index in [0.29, 0.717) is 23.3 Å². The monoisotopic (exact) mass is 352 g/mol. The molecule has 1 aromatic rings. The van der Waals surface area contributed by atoms with E-state index in [1.165, 1.54) is 14.2 Å². The lowest BCUT2D eigenvalue weighted by Crippen LogP contribution is -2.29. The number of sulfonamides is 1. The predicted octanol–water partition coefficient (Wildman–Crippen LogP) is 0.802. The number of hydrogen-bond donors (Lipinski definition) is 3. The van der Waals surface area contributed by atoms with Gasteiger partial charge in [0, 0.05) is 13.1 Å². The van der Waals surface area contributed by atoms with Crippen molar-refractivity contribution in [2.75, 3.05) is 26.5 Å². The standard InChI is InChI=1S/C11H17BrN2O4S/c1-13-19(16,17)4-3-14-7-8-5-9(12)11(15)10(6-8)18-2/h5-6,13-15H,3-4,7H2,1-2H3. The number of benzene rings is 1. The van der Waals surface area contributed by atoms with E-state index in [1.54, 1.807) is 12.1 Å². The van der Waals surface area contributed by atoms with Crippen molar-refractivity contribution in [1.29, 1.82) is 0 Å². The highest BCUT2D eigenvalue weighted by molar-refractivity contribution is 9.10. The Labute approximate surface area is 121 Å². The lowest BCUT2D eigenvalue weighted by atomic mass is 10.2. The van der Waals surface area contributed by atoms with Gasteiger partial charge in [-0.25, -0.2) is 13.1 Å². The van der Waals surface area contributed by atoms with E-state index in [1.807, 2.05) is 0 Å². The Morgan fingerprint density at radius 2 is 2.11 bits per heavy atom. The van der Waals surface area contributed by atoms with Crippen molar-refractivity contribution in [2.24, 2.45) is 0 Å². The molecule has 0 bridgehead atoms. The van der Waals surface area contributed by atoms with Crippen molar-refractivity contribution in [2.45, 2.75) is 6.54 Å². The summed E-state index contributed by atoms with van der Waals surface area (Å²) >= 11 is 3.23. The van der Waals surface area contributed by atoms with Gasteiger partial charge in [0.1, 0.15) is 0 Å². The quantitative estimate of drug-likeness (QED) is 0.632. The second kappa shape index (κ2) is 7.09. The lowest BCUT2D eigenvalue weighted by molar-refractivity contribution is 0.371. The van der Waals surface area contributed by atoms with Crippen molar-refractivity contribution in [3.05, 3.63) is 22.2 Å². The fourth-order valence-corrected chi connectivity index (χ4v) is 2.53. The highest BCUT2D eigenvalue weighted by Crippen LogP contribution is 2.35. The summed E-state index contributed by atoms with van der Waals surface area (Å²) in [5, 5.41) is 12.7. The maximum Gasteiger partial charge on any atom is 0.212 e. The van der Waals surface area contributed by atoms with Gasteiger partial charge in [-0.2, -0.15) is 0 Å². The van der Waals surface area contributed by atoms with Crippen molar-refractivity contribution in [1.82, 2.24) is 10.0 Å². The van der Waals surface area contributed by atoms with Crippen LogP contribution in [0.25, 0.3) is 0 Å². The van der Waals surface area contributed by atoms with Gasteiger partial charge < -0.3 is 15.2 Å². The van der Waals surface area contributed by atoms with Gasteiger partial charge in [-0.3, -0.25) is 0 Å². The minimum Gasteiger partial charge on any atom is -0.503 e. The number of ether oxygens (including phenoxy) is 1. The molecule has 0 aromatic heterocycles. The molecule has 0 fully saturated rings. The van der Waals surface area contributed by atoms with Gasteiger partial charge in [-0.1, -0.05) is 0 Å². The molecule has 1 aromatic carbocycles. The molecule has 19 heavy (non-hydrogen) atoms. The number of nitrogens with one attached hydrogen (secondary N) is 2. The van der Waals surface area contributed by atoms with Crippen LogP contribution in [0.2, 0.25) is 0 Å². The summed E-state index contributed by atoms with van der Waals surface area (Å²) in [6.45, 7) is 0.818. The Hall–Kier alpha value is -0.830. The number of phenolic OH excluding ortho intramolecular Hbond substituents is 1. The Balaban J connectivity index is 2.57. The zero-order chi connectivity index (χ0) is 14.5. The Morgan fingerprint density at radius 1 is 1.42 bits per heavy atom. The summed E-state index contributed by atoms with van der Waals surface area (Å²) < 4.78 is 30.2. The van der Waals surface area contributed by atoms with Gasteiger partial charge in [0.25, 0.3) is 0 Å². The van der Waals surface area contributed by atoms with E-state index in [4.69, 9.17) is 4.74 Å². The predicted molar refractivity (Wildman–Crippen MR) is 76.9 cm³/mol. The molecule has 0 saturated carbocycles. The van der Waals surface area contributed by atoms with Crippen LogP contribution < -0.4 is 14.8 Å². The first-order valence-corrected chi connectivity index (χ1v) is 8.01. The van der Waals surface area contributed by atoms with Crippen LogP contribution in [0, 0.1) is 0 Å². The van der Waals surface area contributed by atoms with Crippen LogP contribution in [0.4, 0.5) is 0 Å². The van der Waals surface area contributed by atoms with Crippen LogP contribution >= 0.6 is 15.9 Å². The molecule has 0 atom stereocenters. The molecular formula is C11H17BrN2O4S. The van der Waals surface area contributed by atoms with E-state index in [9.17, 15) is 13.5 Å². The van der Waals surface area contributed by atoms with E-state index < -0.39 is 10.0 Å². The first-order valence-electron chi connectivity index (χ1n) is 5.57. The Kier molecular flexibility index (Phi) is 6.05. The summed E-state index contributed by atoms with van der Waals surface area (Å²) in [6.07, 6.45) is 0. The van der Waals surface area contributed by atoms with Crippen molar-refractivity contribution >= 4 is 26.0 Å². The second-order valence-electron chi connectivity index (χ2n) is 3.83. The first kappa shape index (κ1) is 16.2. The summed E-state index contributed by atoms with van der Waals surface area (Å²) in [7, 11) is -0.331. The van der Waals surface area contributed by atoms with E-state index >= 15 is 0 Å². The smallest absolute Gasteiger partial charge is 0.212 e. The first-order chi connectivity index (χ1) is 8.89. The summed E-state index contributed by atoms with van der Waals surface area (Å²) in [6, 6.07) is 3.44. The molecule has 0 spiro atoms. The largest absolute Gasteiger partial charge is 0.503 e. The Morgan fingerprint density at radius 3 is 2.68 bits per heavy atom. The van der Waals surface area contributed by atoms with Gasteiger partial charge in [0.15, 0.2) is 11.5 Å². The fraction of sp³-hybridized carbons (Fsp3) is 0.455. The summed E-state index contributed by atoms with van der Waals surface area (Å²) in [4.78, 5) is 0. The van der Waals surface area contributed by atoms with Gasteiger partial charge in [-0.05, 0) is 40.7 Å². The highest BCUT2D eigenvalue weighted by Gasteiger charge is 2.09. The SMILES string of the molecule is CNS(=O)(=O)CCNCc1cc(Br)c(O)c(OC)c1. The minimum absolute atomic E-state index is 0.0138. The highest BCUT2D eigenvalue weighted by atomic mass is 79.9. The number of phenols is 1. The summed E-state index contributed by atoms with van der Waals surface area (Å²) in [5.41, 5.74) is 0.878. The number of aromatic hydroxyl groups is 1. The second-order valence-corrected chi connectivity index (χ2v) is 6.73. The normalized spacial score (nSPS) is 11.5. The molecule has 0 aliphatic heterocycles. The van der Waals surface area contributed by atoms with Crippen LogP contribution in [0.5, 0.6) is 11.5 Å². The topological polar surface area (TPSA) is 87.7 Å². The maximum atomic E-state index is 11.2. The third-order valence-corrected chi connectivity index (χ3v) is 4.46. The van der Waals surface area contributed by atoms with Gasteiger partial charge in [-0.15, -0.1) is 0 Å². The van der Waals surface area contributed by atoms with Gasteiger partial charge in [0.05, 0.1) is 17.3 Å². The molecule has 0 radical (unpaired) electrons. The average Bonchev–Trinajstić information content (AvgIpc) is 2.38. The molecule has 108 valence electrons. The van der Waals surface area contributed by atoms with Crippen LogP contribution in [0.1, 0.15) is 5.56 Å². The molecule has 3 N–H and O–H groups in total. The van der Waals surface area contributed by atoms with Crippen LogP contribution in [-0.2, 0) is 16.6 Å². The fourth-order valence-electron chi connectivity index (χ4n) is 1.43. The third kappa shape index (κ3) is 4.98. The van der Waals surface area contributed by atoms with E-state index in [0.717, 1.165) is 5.56 Å². The Bertz CT molecular complexity index is 534. The van der Waals surface area contributed by atoms with Crippen LogP contribution in [-0.4, -0.2) is 40.0 Å². The van der Waals surface area contributed by atoms with E-state index in [2.05, 4.69) is 26.0 Å². The minimum atomic E-state index is -3.19. The molecule has 0 unspecified atom stereocenters. The average molecular weight is 353 g/mol. The third-order valence-electron chi connectivity index (χ3n) is 2.50. The molecule has 1 rings (SSSR count). The molecule has 0 aliphatic rings. The van der Waals surface area contributed by atoms with Crippen LogP contribution in [0.3, 0.4) is 0 Å². The van der Waals surface area contributed by atoms with Crippen molar-refractivity contribution < 1.29 is 18.3 Å². The molecular weight excluding hydrogens is 336 g/mol. The zero-order valence-electron chi connectivity index (χ0n) is 10.7. The lowest BCUT2D eigenvalue weighted by Gasteiger charge is -2.10. The molecule has 6 nitrogen and oxygen atoms in total. The number of methoxy groups -OCH3 is 1. The number of halogens is 1. The zero-order valence-corrected chi connectivity index (χ0v) is 13.1. The molecule has 0 saturated heterocycles. The molecule has 0 amide bonds. The van der Waals surface area contributed by atoms with Crippen LogP contribution in [0.15, 0.2) is 16.6 Å². The van der Waals surface area contributed by atoms with Gasteiger partial charge in [0.2, 0.25) is 10.0 Å². The maximum absolute atomic E-state index is 11.2. The molecule has 0 aliphatic carbocycles. The summed E-state index contributed by atoms with van der Waals surface area (Å²) in [5.74, 6) is 0.429. The van der Waals surface area contributed by atoms with Gasteiger partial charge >= 0.3 is 0 Å². The van der Waals surface area contributed by atoms with Crippen molar-refractivity contribution in [3.8, 4) is 11.5 Å². The molecule has 8 heteroatoms. The number of hydrogen-bond acceptors (Lipinski definition) is 5. The number of rotatable bonds is 7. The van der Waals surface area contributed by atoms with Crippen molar-refractivity contribution in [3.63, 3.8) is 0 Å².